The maximum absolute atomic E-state index is 4.23. The van der Waals surface area contributed by atoms with Crippen LogP contribution in [0, 0.1) is 6.92 Å². The number of aromatic nitrogens is 2. The lowest BCUT2D eigenvalue weighted by Gasteiger charge is -2.40. The first-order chi connectivity index (χ1) is 14.6. The van der Waals surface area contributed by atoms with Crippen LogP contribution in [0.1, 0.15) is 41.3 Å². The van der Waals surface area contributed by atoms with Crippen LogP contribution in [0.4, 0.5) is 0 Å². The van der Waals surface area contributed by atoms with Gasteiger partial charge in [-0.1, -0.05) is 11.6 Å². The van der Waals surface area contributed by atoms with E-state index in [1.807, 2.05) is 23.7 Å². The summed E-state index contributed by atoms with van der Waals surface area (Å²) in [6, 6.07) is 9.14. The Morgan fingerprint density at radius 3 is 2.77 bits per heavy atom. The van der Waals surface area contributed by atoms with E-state index in [0.717, 1.165) is 32.4 Å². The van der Waals surface area contributed by atoms with Crippen molar-refractivity contribution in [3.05, 3.63) is 75.4 Å². The van der Waals surface area contributed by atoms with Crippen molar-refractivity contribution >= 4 is 22.2 Å². The molecule has 4 heteroatoms. The molecule has 6 rings (SSSR count). The van der Waals surface area contributed by atoms with Crippen molar-refractivity contribution < 1.29 is 0 Å². The van der Waals surface area contributed by atoms with Gasteiger partial charge in [0.2, 0.25) is 0 Å². The summed E-state index contributed by atoms with van der Waals surface area (Å²) in [6.45, 7) is 6.91. The van der Waals surface area contributed by atoms with Gasteiger partial charge in [0.1, 0.15) is 0 Å². The van der Waals surface area contributed by atoms with Crippen molar-refractivity contribution in [3.63, 3.8) is 0 Å². The smallest absolute Gasteiger partial charge is 0.0689 e. The summed E-state index contributed by atoms with van der Waals surface area (Å²) in [4.78, 5) is 6.70. The fourth-order valence-electron chi connectivity index (χ4n) is 5.81. The van der Waals surface area contributed by atoms with Gasteiger partial charge >= 0.3 is 0 Å². The van der Waals surface area contributed by atoms with Crippen LogP contribution in [-0.2, 0) is 24.9 Å². The molecule has 4 aromatic rings. The summed E-state index contributed by atoms with van der Waals surface area (Å²) in [7, 11) is 2.25. The van der Waals surface area contributed by atoms with Gasteiger partial charge in [0.15, 0.2) is 0 Å². The summed E-state index contributed by atoms with van der Waals surface area (Å²) in [6.07, 6.45) is 7.22. The molecule has 0 radical (unpaired) electrons. The van der Waals surface area contributed by atoms with Crippen LogP contribution in [0.15, 0.2) is 47.4 Å². The molecule has 0 amide bonds. The third kappa shape index (κ3) is 2.50. The summed E-state index contributed by atoms with van der Waals surface area (Å²) in [5, 5.41) is 6.20. The summed E-state index contributed by atoms with van der Waals surface area (Å²) >= 11 is 1.82. The monoisotopic (exact) mass is 413 g/mol. The summed E-state index contributed by atoms with van der Waals surface area (Å²) in [5.74, 6) is 0. The number of nitrogens with zero attached hydrogens (tertiary/aromatic N) is 3. The number of rotatable bonds is 2. The number of aryl methyl sites for hydroxylation is 2. The third-order valence-electron chi connectivity index (χ3n) is 7.27. The van der Waals surface area contributed by atoms with E-state index in [-0.39, 0.29) is 5.54 Å². The quantitative estimate of drug-likeness (QED) is 0.416. The van der Waals surface area contributed by atoms with E-state index in [1.165, 1.54) is 38.7 Å². The minimum absolute atomic E-state index is 0.0252. The van der Waals surface area contributed by atoms with E-state index in [1.54, 1.807) is 11.3 Å². The molecule has 1 unspecified atom stereocenters. The molecule has 1 aromatic carbocycles. The second-order valence-corrected chi connectivity index (χ2v) is 10.0. The molecule has 30 heavy (non-hydrogen) atoms. The Hall–Kier alpha value is -2.43. The van der Waals surface area contributed by atoms with E-state index in [0.29, 0.717) is 0 Å². The number of hydrogen-bond acceptors (Lipinski definition) is 3. The number of likely N-dealkylation sites (N-methyl/N-ethyl adjacent to an activating group) is 1. The number of pyridine rings is 1. The molecular weight excluding hydrogens is 386 g/mol. The Balaban J connectivity index is 1.65. The fraction of sp³-hybridized carbons (Fsp3) is 0.346. The number of fused-ring (bicyclic) bond motifs is 3. The zero-order valence-corrected chi connectivity index (χ0v) is 18.7. The van der Waals surface area contributed by atoms with Crippen molar-refractivity contribution in [1.29, 1.82) is 0 Å². The van der Waals surface area contributed by atoms with Crippen LogP contribution in [0.25, 0.3) is 22.0 Å². The molecule has 1 atom stereocenters. The second-order valence-electron chi connectivity index (χ2n) is 9.28. The molecule has 152 valence electrons. The van der Waals surface area contributed by atoms with Gasteiger partial charge in [-0.2, -0.15) is 11.3 Å². The first-order valence-electron chi connectivity index (χ1n) is 10.9. The Morgan fingerprint density at radius 1 is 1.10 bits per heavy atom. The van der Waals surface area contributed by atoms with Gasteiger partial charge in [-0.05, 0) is 90.5 Å². The minimum Gasteiger partial charge on any atom is -0.334 e. The SMILES string of the molecule is Cc1cc2c3c(c1)c1c(n3C(C)(c3cscc3-c3ccncc3)CC2)CCN(C)C1. The van der Waals surface area contributed by atoms with E-state index in [9.17, 15) is 0 Å². The number of thiophene rings is 1. The van der Waals surface area contributed by atoms with Gasteiger partial charge in [0.25, 0.3) is 0 Å². The molecule has 0 saturated carbocycles. The molecular formula is C26H27N3S. The van der Waals surface area contributed by atoms with Crippen LogP contribution >= 0.6 is 11.3 Å². The average Bonchev–Trinajstić information content (AvgIpc) is 3.36. The Labute approximate surface area is 182 Å². The van der Waals surface area contributed by atoms with Gasteiger partial charge in [-0.3, -0.25) is 4.98 Å². The standard InChI is InChI=1S/C26H27N3S/c1-17-12-19-4-8-26(2,23-16-30-15-22(23)18-5-9-27-10-6-18)29-24-7-11-28(3)14-21(24)20(13-17)25(19)29/h5-6,9-10,12-13,15-16H,4,7-8,11,14H2,1-3H3. The van der Waals surface area contributed by atoms with Crippen LogP contribution in [0.2, 0.25) is 0 Å². The predicted octanol–water partition coefficient (Wildman–Crippen LogP) is 5.77. The summed E-state index contributed by atoms with van der Waals surface area (Å²) < 4.78 is 2.75. The van der Waals surface area contributed by atoms with E-state index in [4.69, 9.17) is 0 Å². The first kappa shape index (κ1) is 18.3. The van der Waals surface area contributed by atoms with Crippen LogP contribution in [0.3, 0.4) is 0 Å². The average molecular weight is 414 g/mol. The maximum atomic E-state index is 4.23. The molecule has 0 spiro atoms. The Kier molecular flexibility index (Phi) is 4.00. The molecule has 3 aromatic heterocycles. The molecule has 0 fully saturated rings. The van der Waals surface area contributed by atoms with Gasteiger partial charge in [0.05, 0.1) is 11.1 Å². The lowest BCUT2D eigenvalue weighted by atomic mass is 9.80. The van der Waals surface area contributed by atoms with Gasteiger partial charge in [0, 0.05) is 43.0 Å². The normalized spacial score (nSPS) is 21.2. The molecule has 0 aliphatic carbocycles. The lowest BCUT2D eigenvalue weighted by molar-refractivity contribution is 0.292. The Bertz CT molecular complexity index is 1270. The van der Waals surface area contributed by atoms with Crippen molar-refractivity contribution in [2.75, 3.05) is 13.6 Å². The Morgan fingerprint density at radius 2 is 1.93 bits per heavy atom. The minimum atomic E-state index is -0.0252. The highest BCUT2D eigenvalue weighted by molar-refractivity contribution is 7.08. The zero-order valence-electron chi connectivity index (χ0n) is 17.9. The highest BCUT2D eigenvalue weighted by atomic mass is 32.1. The molecule has 2 aliphatic heterocycles. The highest BCUT2D eigenvalue weighted by Crippen LogP contribution is 2.48. The van der Waals surface area contributed by atoms with Gasteiger partial charge < -0.3 is 9.47 Å². The fourth-order valence-corrected chi connectivity index (χ4v) is 6.79. The highest BCUT2D eigenvalue weighted by Gasteiger charge is 2.40. The van der Waals surface area contributed by atoms with Crippen LogP contribution in [0.5, 0.6) is 0 Å². The van der Waals surface area contributed by atoms with Gasteiger partial charge in [-0.25, -0.2) is 0 Å². The lowest BCUT2D eigenvalue weighted by Crippen LogP contribution is -2.38. The third-order valence-corrected chi connectivity index (χ3v) is 8.01. The van der Waals surface area contributed by atoms with Crippen molar-refractivity contribution in [1.82, 2.24) is 14.5 Å². The molecule has 3 nitrogen and oxygen atoms in total. The largest absolute Gasteiger partial charge is 0.334 e. The molecule has 2 aliphatic rings. The van der Waals surface area contributed by atoms with Crippen molar-refractivity contribution in [2.45, 2.75) is 45.2 Å². The summed E-state index contributed by atoms with van der Waals surface area (Å²) in [5.41, 5.74) is 11.6. The number of hydrogen-bond donors (Lipinski definition) is 0. The predicted molar refractivity (Wildman–Crippen MR) is 125 cm³/mol. The van der Waals surface area contributed by atoms with Crippen LogP contribution < -0.4 is 0 Å². The van der Waals surface area contributed by atoms with Crippen LogP contribution in [-0.4, -0.2) is 28.0 Å². The zero-order chi connectivity index (χ0) is 20.5. The van der Waals surface area contributed by atoms with E-state index >= 15 is 0 Å². The van der Waals surface area contributed by atoms with E-state index < -0.39 is 0 Å². The number of benzene rings is 1. The maximum Gasteiger partial charge on any atom is 0.0689 e. The topological polar surface area (TPSA) is 21.1 Å². The van der Waals surface area contributed by atoms with Crippen molar-refractivity contribution in [2.24, 2.45) is 0 Å². The van der Waals surface area contributed by atoms with Gasteiger partial charge in [-0.15, -0.1) is 0 Å². The second kappa shape index (κ2) is 6.53. The molecule has 0 N–H and O–H groups in total. The molecule has 0 bridgehead atoms. The van der Waals surface area contributed by atoms with Crippen molar-refractivity contribution in [3.8, 4) is 11.1 Å². The van der Waals surface area contributed by atoms with E-state index in [2.05, 4.69) is 70.4 Å². The molecule has 5 heterocycles. The first-order valence-corrected chi connectivity index (χ1v) is 11.8. The molecule has 0 saturated heterocycles.